The third kappa shape index (κ3) is 2.55. The maximum atomic E-state index is 10.9. The molecule has 5 nitrogen and oxygen atoms in total. The van der Waals surface area contributed by atoms with Crippen LogP contribution in [0.25, 0.3) is 0 Å². The van der Waals surface area contributed by atoms with Gasteiger partial charge in [0.25, 0.3) is 0 Å². The molecule has 5 heteroatoms. The van der Waals surface area contributed by atoms with E-state index in [-0.39, 0.29) is 5.69 Å². The standard InChI is InChI=1S/C8H14N4O/c1-2-6-7(10-4-3-9)5-11-8(13)12-6/h5,10H,2-4,9H2,1H3,(H,11,12,13). The summed E-state index contributed by atoms with van der Waals surface area (Å²) in [6.45, 7) is 3.21. The Bertz CT molecular complexity index is 320. The van der Waals surface area contributed by atoms with Gasteiger partial charge in [-0.15, -0.1) is 0 Å². The molecule has 0 saturated heterocycles. The summed E-state index contributed by atoms with van der Waals surface area (Å²) in [5, 5.41) is 3.08. The molecule has 1 aromatic rings. The van der Waals surface area contributed by atoms with Crippen molar-refractivity contribution in [1.82, 2.24) is 9.97 Å². The SMILES string of the molecule is CCc1[nH]c(=O)ncc1NCCN. The molecular weight excluding hydrogens is 168 g/mol. The van der Waals surface area contributed by atoms with Gasteiger partial charge in [0.05, 0.1) is 11.9 Å². The van der Waals surface area contributed by atoms with E-state index >= 15 is 0 Å². The minimum atomic E-state index is -0.310. The van der Waals surface area contributed by atoms with E-state index in [1.165, 1.54) is 6.20 Å². The minimum absolute atomic E-state index is 0.310. The Balaban J connectivity index is 2.86. The highest BCUT2D eigenvalue weighted by atomic mass is 16.1. The van der Waals surface area contributed by atoms with Crippen LogP contribution in [-0.4, -0.2) is 23.1 Å². The number of hydrogen-bond acceptors (Lipinski definition) is 4. The van der Waals surface area contributed by atoms with Crippen LogP contribution in [0.3, 0.4) is 0 Å². The molecule has 0 fully saturated rings. The molecule has 1 aromatic heterocycles. The summed E-state index contributed by atoms with van der Waals surface area (Å²) in [6, 6.07) is 0. The molecule has 72 valence electrons. The van der Waals surface area contributed by atoms with Crippen LogP contribution in [-0.2, 0) is 6.42 Å². The highest BCUT2D eigenvalue weighted by Gasteiger charge is 2.00. The number of nitrogens with two attached hydrogens (primary N) is 1. The molecule has 0 saturated carbocycles. The van der Waals surface area contributed by atoms with E-state index in [0.717, 1.165) is 17.8 Å². The van der Waals surface area contributed by atoms with E-state index in [0.29, 0.717) is 13.1 Å². The summed E-state index contributed by atoms with van der Waals surface area (Å²) in [4.78, 5) is 17.1. The van der Waals surface area contributed by atoms with Crippen molar-refractivity contribution in [2.75, 3.05) is 18.4 Å². The second kappa shape index (κ2) is 4.61. The van der Waals surface area contributed by atoms with Gasteiger partial charge in [0, 0.05) is 18.8 Å². The number of aromatic amines is 1. The predicted molar refractivity (Wildman–Crippen MR) is 51.8 cm³/mol. The summed E-state index contributed by atoms with van der Waals surface area (Å²) in [6.07, 6.45) is 2.30. The number of aryl methyl sites for hydroxylation is 1. The van der Waals surface area contributed by atoms with Crippen molar-refractivity contribution in [2.24, 2.45) is 5.73 Å². The van der Waals surface area contributed by atoms with E-state index in [2.05, 4.69) is 15.3 Å². The van der Waals surface area contributed by atoms with Gasteiger partial charge in [-0.2, -0.15) is 4.98 Å². The Hall–Kier alpha value is -1.36. The first-order valence-corrected chi connectivity index (χ1v) is 4.30. The lowest BCUT2D eigenvalue weighted by Gasteiger charge is -2.07. The van der Waals surface area contributed by atoms with Crippen LogP contribution in [0.5, 0.6) is 0 Å². The third-order valence-electron chi connectivity index (χ3n) is 1.71. The van der Waals surface area contributed by atoms with Crippen LogP contribution in [0.2, 0.25) is 0 Å². The third-order valence-corrected chi connectivity index (χ3v) is 1.71. The molecule has 0 radical (unpaired) electrons. The van der Waals surface area contributed by atoms with Crippen molar-refractivity contribution < 1.29 is 0 Å². The summed E-state index contributed by atoms with van der Waals surface area (Å²) >= 11 is 0. The highest BCUT2D eigenvalue weighted by molar-refractivity contribution is 5.45. The van der Waals surface area contributed by atoms with E-state index < -0.39 is 0 Å². The molecule has 13 heavy (non-hydrogen) atoms. The van der Waals surface area contributed by atoms with Gasteiger partial charge in [0.1, 0.15) is 0 Å². The second-order valence-corrected chi connectivity index (χ2v) is 2.65. The van der Waals surface area contributed by atoms with Crippen LogP contribution >= 0.6 is 0 Å². The van der Waals surface area contributed by atoms with Crippen LogP contribution in [0.4, 0.5) is 5.69 Å². The maximum Gasteiger partial charge on any atom is 0.345 e. The number of nitrogens with one attached hydrogen (secondary N) is 2. The predicted octanol–water partition coefficient (Wildman–Crippen LogP) is -0.297. The molecule has 0 aliphatic carbocycles. The second-order valence-electron chi connectivity index (χ2n) is 2.65. The van der Waals surface area contributed by atoms with Crippen molar-refractivity contribution in [3.8, 4) is 0 Å². The molecule has 0 aliphatic rings. The van der Waals surface area contributed by atoms with Gasteiger partial charge in [-0.05, 0) is 6.42 Å². The van der Waals surface area contributed by atoms with Gasteiger partial charge in [0.15, 0.2) is 0 Å². The minimum Gasteiger partial charge on any atom is -0.381 e. The van der Waals surface area contributed by atoms with E-state index in [1.54, 1.807) is 0 Å². The molecule has 0 amide bonds. The summed E-state index contributed by atoms with van der Waals surface area (Å²) in [7, 11) is 0. The fraction of sp³-hybridized carbons (Fsp3) is 0.500. The Morgan fingerprint density at radius 2 is 2.46 bits per heavy atom. The molecule has 0 unspecified atom stereocenters. The number of anilines is 1. The first-order chi connectivity index (χ1) is 6.27. The van der Waals surface area contributed by atoms with Crippen molar-refractivity contribution in [2.45, 2.75) is 13.3 Å². The lowest BCUT2D eigenvalue weighted by atomic mass is 10.3. The van der Waals surface area contributed by atoms with E-state index in [9.17, 15) is 4.79 Å². The fourth-order valence-electron chi connectivity index (χ4n) is 1.07. The van der Waals surface area contributed by atoms with Crippen LogP contribution in [0.1, 0.15) is 12.6 Å². The topological polar surface area (TPSA) is 83.8 Å². The Kier molecular flexibility index (Phi) is 3.45. The molecule has 4 N–H and O–H groups in total. The van der Waals surface area contributed by atoms with Crippen molar-refractivity contribution in [1.29, 1.82) is 0 Å². The van der Waals surface area contributed by atoms with Gasteiger partial charge in [0.2, 0.25) is 0 Å². The lowest BCUT2D eigenvalue weighted by Crippen LogP contribution is -2.18. The molecular formula is C8H14N4O. The average molecular weight is 182 g/mol. The average Bonchev–Trinajstić information content (AvgIpc) is 2.16. The quantitative estimate of drug-likeness (QED) is 0.597. The number of H-pyrrole nitrogens is 1. The number of rotatable bonds is 4. The molecule has 0 atom stereocenters. The van der Waals surface area contributed by atoms with E-state index in [4.69, 9.17) is 5.73 Å². The molecule has 1 rings (SSSR count). The van der Waals surface area contributed by atoms with E-state index in [1.807, 2.05) is 6.92 Å². The fourth-order valence-corrected chi connectivity index (χ4v) is 1.07. The van der Waals surface area contributed by atoms with Crippen molar-refractivity contribution in [3.05, 3.63) is 22.4 Å². The van der Waals surface area contributed by atoms with Gasteiger partial charge in [-0.3, -0.25) is 0 Å². The Morgan fingerprint density at radius 3 is 3.08 bits per heavy atom. The van der Waals surface area contributed by atoms with Crippen LogP contribution in [0.15, 0.2) is 11.0 Å². The number of aromatic nitrogens is 2. The first kappa shape index (κ1) is 9.73. The zero-order valence-electron chi connectivity index (χ0n) is 7.63. The summed E-state index contributed by atoms with van der Waals surface area (Å²) in [5.74, 6) is 0. The van der Waals surface area contributed by atoms with Crippen LogP contribution in [0, 0.1) is 0 Å². The van der Waals surface area contributed by atoms with Gasteiger partial charge in [-0.25, -0.2) is 4.79 Å². The van der Waals surface area contributed by atoms with Gasteiger partial charge in [-0.1, -0.05) is 6.92 Å². The highest BCUT2D eigenvalue weighted by Crippen LogP contribution is 2.08. The van der Waals surface area contributed by atoms with Gasteiger partial charge < -0.3 is 16.0 Å². The zero-order chi connectivity index (χ0) is 9.68. The number of hydrogen-bond donors (Lipinski definition) is 3. The molecule has 0 spiro atoms. The monoisotopic (exact) mass is 182 g/mol. The largest absolute Gasteiger partial charge is 0.381 e. The lowest BCUT2D eigenvalue weighted by molar-refractivity contribution is 0.939. The normalized spacial score (nSPS) is 10.0. The van der Waals surface area contributed by atoms with Gasteiger partial charge >= 0.3 is 5.69 Å². The Labute approximate surface area is 76.4 Å². The zero-order valence-corrected chi connectivity index (χ0v) is 7.63. The summed E-state index contributed by atoms with van der Waals surface area (Å²) < 4.78 is 0. The van der Waals surface area contributed by atoms with Crippen molar-refractivity contribution >= 4 is 5.69 Å². The Morgan fingerprint density at radius 1 is 1.69 bits per heavy atom. The molecule has 0 aliphatic heterocycles. The van der Waals surface area contributed by atoms with Crippen LogP contribution < -0.4 is 16.7 Å². The first-order valence-electron chi connectivity index (χ1n) is 4.30. The summed E-state index contributed by atoms with van der Waals surface area (Å²) in [5.41, 5.74) is 6.76. The van der Waals surface area contributed by atoms with Crippen molar-refractivity contribution in [3.63, 3.8) is 0 Å². The smallest absolute Gasteiger partial charge is 0.345 e. The molecule has 1 heterocycles. The molecule has 0 bridgehead atoms. The maximum absolute atomic E-state index is 10.9. The molecule has 0 aromatic carbocycles. The number of nitrogens with zero attached hydrogens (tertiary/aromatic N) is 1.